The van der Waals surface area contributed by atoms with E-state index < -0.39 is 10.7 Å². The van der Waals surface area contributed by atoms with Crippen LogP contribution in [-0.2, 0) is 9.67 Å². The van der Waals surface area contributed by atoms with Crippen LogP contribution in [-0.4, -0.2) is 34.6 Å². The predicted octanol–water partition coefficient (Wildman–Crippen LogP) is 3.61. The minimum atomic E-state index is -1.28. The van der Waals surface area contributed by atoms with Gasteiger partial charge in [0.25, 0.3) is 11.8 Å². The molecule has 0 saturated carbocycles. The molecule has 1 spiro atoms. The van der Waals surface area contributed by atoms with Crippen LogP contribution in [0.4, 0.5) is 10.1 Å². The number of carbonyl (C=O) groups excluding carboxylic acids is 2. The first kappa shape index (κ1) is 17.1. The topological polar surface area (TPSA) is 53.8 Å². The number of anilines is 1. The molecule has 26 heavy (non-hydrogen) atoms. The molecule has 0 aliphatic carbocycles. The summed E-state index contributed by atoms with van der Waals surface area (Å²) in [6.45, 7) is 6.64. The number of carbonyl (C=O) groups is 2. The molecule has 2 amide bonds. The van der Waals surface area contributed by atoms with Gasteiger partial charge in [-0.25, -0.2) is 4.39 Å². The number of rotatable bonds is 2. The Morgan fingerprint density at radius 1 is 1.35 bits per heavy atom. The second-order valence-corrected chi connectivity index (χ2v) is 8.99. The molecule has 0 unspecified atom stereocenters. The van der Waals surface area contributed by atoms with Gasteiger partial charge in [0.1, 0.15) is 5.82 Å². The SMILES string of the molecule is CCN1C(=O)[C@@]2(SC(C)(C)CN2C(=O)c2ccco2)c2cc(F)ccc21. The maximum atomic E-state index is 14.1. The molecule has 2 aliphatic rings. The average molecular weight is 374 g/mol. The van der Waals surface area contributed by atoms with Gasteiger partial charge in [-0.15, -0.1) is 11.8 Å². The van der Waals surface area contributed by atoms with E-state index in [0.717, 1.165) is 0 Å². The summed E-state index contributed by atoms with van der Waals surface area (Å²) in [6, 6.07) is 7.55. The zero-order valence-electron chi connectivity index (χ0n) is 14.8. The lowest BCUT2D eigenvalue weighted by Gasteiger charge is -2.32. The molecule has 1 saturated heterocycles. The van der Waals surface area contributed by atoms with Gasteiger partial charge >= 0.3 is 0 Å². The molecule has 0 radical (unpaired) electrons. The highest BCUT2D eigenvalue weighted by atomic mass is 32.2. The smallest absolute Gasteiger partial charge is 0.291 e. The van der Waals surface area contributed by atoms with Crippen LogP contribution in [0.15, 0.2) is 41.0 Å². The molecule has 0 bridgehead atoms. The number of likely N-dealkylation sites (N-methyl/N-ethyl adjacent to an activating group) is 1. The third-order valence-electron chi connectivity index (χ3n) is 4.79. The molecule has 5 nitrogen and oxygen atoms in total. The summed E-state index contributed by atoms with van der Waals surface area (Å²) in [5.41, 5.74) is 1.18. The number of hydrogen-bond donors (Lipinski definition) is 0. The Morgan fingerprint density at radius 3 is 2.77 bits per heavy atom. The fourth-order valence-electron chi connectivity index (χ4n) is 3.82. The maximum Gasteiger partial charge on any atom is 0.291 e. The first-order chi connectivity index (χ1) is 12.3. The van der Waals surface area contributed by atoms with Crippen LogP contribution in [0.5, 0.6) is 0 Å². The van der Waals surface area contributed by atoms with Crippen LogP contribution >= 0.6 is 11.8 Å². The minimum Gasteiger partial charge on any atom is -0.459 e. The zero-order chi connectivity index (χ0) is 18.7. The number of benzene rings is 1. The Morgan fingerprint density at radius 2 is 2.12 bits per heavy atom. The summed E-state index contributed by atoms with van der Waals surface area (Å²) in [4.78, 5) is 28.5. The molecule has 3 heterocycles. The lowest BCUT2D eigenvalue weighted by molar-refractivity contribution is -0.123. The van der Waals surface area contributed by atoms with Crippen molar-refractivity contribution in [3.63, 3.8) is 0 Å². The van der Waals surface area contributed by atoms with Crippen LogP contribution in [0, 0.1) is 5.82 Å². The Balaban J connectivity index is 1.93. The van der Waals surface area contributed by atoms with Crippen LogP contribution in [0.2, 0.25) is 0 Å². The molecule has 1 aromatic heterocycles. The Hall–Kier alpha value is -2.28. The number of amides is 2. The van der Waals surface area contributed by atoms with E-state index in [4.69, 9.17) is 4.42 Å². The van der Waals surface area contributed by atoms with E-state index in [9.17, 15) is 14.0 Å². The largest absolute Gasteiger partial charge is 0.459 e. The van der Waals surface area contributed by atoms with Crippen molar-refractivity contribution < 1.29 is 18.4 Å². The lowest BCUT2D eigenvalue weighted by atomic mass is 10.0. The van der Waals surface area contributed by atoms with Gasteiger partial charge in [-0.2, -0.15) is 0 Å². The monoisotopic (exact) mass is 374 g/mol. The van der Waals surface area contributed by atoms with Crippen molar-refractivity contribution >= 4 is 29.3 Å². The minimum absolute atomic E-state index is 0.170. The molecule has 136 valence electrons. The van der Waals surface area contributed by atoms with E-state index >= 15 is 0 Å². The number of thioether (sulfide) groups is 1. The summed E-state index contributed by atoms with van der Waals surface area (Å²) in [6.07, 6.45) is 1.43. The summed E-state index contributed by atoms with van der Waals surface area (Å²) in [7, 11) is 0. The van der Waals surface area contributed by atoms with E-state index in [1.165, 1.54) is 35.1 Å². The van der Waals surface area contributed by atoms with Crippen molar-refractivity contribution in [1.82, 2.24) is 4.90 Å². The van der Waals surface area contributed by atoms with Gasteiger partial charge in [0.05, 0.1) is 12.0 Å². The molecule has 2 aromatic rings. The van der Waals surface area contributed by atoms with Crippen molar-refractivity contribution in [2.45, 2.75) is 30.4 Å². The Bertz CT molecular complexity index is 896. The third kappa shape index (κ3) is 2.23. The van der Waals surface area contributed by atoms with E-state index in [2.05, 4.69) is 0 Å². The zero-order valence-corrected chi connectivity index (χ0v) is 15.6. The normalized spacial score (nSPS) is 23.8. The van der Waals surface area contributed by atoms with Crippen LogP contribution in [0.25, 0.3) is 0 Å². The van der Waals surface area contributed by atoms with Crippen LogP contribution in [0.3, 0.4) is 0 Å². The van der Waals surface area contributed by atoms with Gasteiger partial charge < -0.3 is 14.2 Å². The van der Waals surface area contributed by atoms with E-state index in [1.54, 1.807) is 23.1 Å². The molecule has 1 aromatic carbocycles. The van der Waals surface area contributed by atoms with Gasteiger partial charge in [-0.1, -0.05) is 0 Å². The van der Waals surface area contributed by atoms with E-state index in [1.807, 2.05) is 20.8 Å². The third-order valence-corrected chi connectivity index (χ3v) is 6.38. The number of furan rings is 1. The molecule has 1 atom stereocenters. The fourth-order valence-corrected chi connectivity index (χ4v) is 5.55. The summed E-state index contributed by atoms with van der Waals surface area (Å²) in [5, 5.41) is 0. The van der Waals surface area contributed by atoms with Crippen LogP contribution in [0.1, 0.15) is 36.9 Å². The molecule has 1 fully saturated rings. The second-order valence-electron chi connectivity index (χ2n) is 7.09. The fraction of sp³-hybridized carbons (Fsp3) is 0.368. The molecular formula is C19H19FN2O3S. The highest BCUT2D eigenvalue weighted by Crippen LogP contribution is 2.59. The van der Waals surface area contributed by atoms with Gasteiger partial charge in [-0.3, -0.25) is 9.59 Å². The quantitative estimate of drug-likeness (QED) is 0.806. The first-order valence-corrected chi connectivity index (χ1v) is 9.29. The van der Waals surface area contributed by atoms with Gasteiger partial charge in [0.2, 0.25) is 0 Å². The standard InChI is InChI=1S/C19H19FN2O3S/c1-4-21-14-8-7-12(20)10-13(14)19(17(21)24)22(11-18(2,3)26-19)16(23)15-6-5-9-25-15/h5-10H,4,11H2,1-3H3/t19-/m0/s1. The first-order valence-electron chi connectivity index (χ1n) is 8.48. The Labute approximate surface area is 155 Å². The highest BCUT2D eigenvalue weighted by molar-refractivity contribution is 8.02. The molecule has 2 aliphatic heterocycles. The predicted molar refractivity (Wildman–Crippen MR) is 97.5 cm³/mol. The molecule has 4 rings (SSSR count). The number of hydrogen-bond acceptors (Lipinski definition) is 4. The van der Waals surface area contributed by atoms with Gasteiger partial charge in [-0.05, 0) is 51.1 Å². The van der Waals surface area contributed by atoms with Crippen molar-refractivity contribution in [3.8, 4) is 0 Å². The van der Waals surface area contributed by atoms with Crippen molar-refractivity contribution in [2.75, 3.05) is 18.0 Å². The summed E-state index contributed by atoms with van der Waals surface area (Å²) < 4.78 is 19.0. The lowest BCUT2D eigenvalue weighted by Crippen LogP contribution is -2.50. The van der Waals surface area contributed by atoms with Crippen LogP contribution < -0.4 is 4.90 Å². The number of fused-ring (bicyclic) bond motifs is 2. The van der Waals surface area contributed by atoms with Crippen molar-refractivity contribution in [3.05, 3.63) is 53.7 Å². The molecule has 7 heteroatoms. The molecule has 0 N–H and O–H groups in total. The van der Waals surface area contributed by atoms with Gasteiger partial charge in [0, 0.05) is 23.4 Å². The number of halogens is 1. The average Bonchev–Trinajstić information content (AvgIpc) is 3.26. The Kier molecular flexibility index (Phi) is 3.70. The van der Waals surface area contributed by atoms with Crippen molar-refractivity contribution in [2.24, 2.45) is 0 Å². The molecular weight excluding hydrogens is 355 g/mol. The second kappa shape index (κ2) is 5.61. The van der Waals surface area contributed by atoms with E-state index in [0.29, 0.717) is 24.3 Å². The number of nitrogens with zero attached hydrogens (tertiary/aromatic N) is 2. The van der Waals surface area contributed by atoms with Crippen molar-refractivity contribution in [1.29, 1.82) is 0 Å². The highest BCUT2D eigenvalue weighted by Gasteiger charge is 2.63. The maximum absolute atomic E-state index is 14.1. The summed E-state index contributed by atoms with van der Waals surface area (Å²) in [5.74, 6) is -0.835. The summed E-state index contributed by atoms with van der Waals surface area (Å²) >= 11 is 1.40. The van der Waals surface area contributed by atoms with E-state index in [-0.39, 0.29) is 22.3 Å². The van der Waals surface area contributed by atoms with Gasteiger partial charge in [0.15, 0.2) is 10.6 Å².